The Morgan fingerprint density at radius 2 is 1.74 bits per heavy atom. The van der Waals surface area contributed by atoms with Crippen molar-refractivity contribution < 1.29 is 14.3 Å². The van der Waals surface area contributed by atoms with Crippen LogP contribution < -0.4 is 0 Å². The molecule has 0 spiro atoms. The van der Waals surface area contributed by atoms with E-state index in [4.69, 9.17) is 4.74 Å². The van der Waals surface area contributed by atoms with E-state index in [1.54, 1.807) is 7.05 Å². The largest absolute Gasteiger partial charge is 0.444 e. The summed E-state index contributed by atoms with van der Waals surface area (Å²) >= 11 is 0. The van der Waals surface area contributed by atoms with Crippen molar-refractivity contribution in [2.45, 2.75) is 70.9 Å². The fraction of sp³-hybridized carbons (Fsp3) is 0.867. The van der Waals surface area contributed by atoms with Crippen molar-refractivity contribution in [3.63, 3.8) is 0 Å². The fourth-order valence-electron chi connectivity index (χ4n) is 2.63. The highest BCUT2D eigenvalue weighted by Gasteiger charge is 2.31. The summed E-state index contributed by atoms with van der Waals surface area (Å²) < 4.78 is 5.33. The quantitative estimate of drug-likeness (QED) is 0.583. The topological polar surface area (TPSA) is 46.6 Å². The number of nitrogens with zero attached hydrogens (tertiary/aromatic N) is 1. The van der Waals surface area contributed by atoms with Crippen LogP contribution in [0.2, 0.25) is 0 Å². The smallest absolute Gasteiger partial charge is 0.410 e. The zero-order valence-corrected chi connectivity index (χ0v) is 12.6. The molecule has 0 aromatic carbocycles. The molecule has 1 fully saturated rings. The molecule has 1 atom stereocenters. The maximum Gasteiger partial charge on any atom is 0.410 e. The summed E-state index contributed by atoms with van der Waals surface area (Å²) in [6, 6.07) is -0.354. The van der Waals surface area contributed by atoms with E-state index in [1.807, 2.05) is 20.8 Å². The van der Waals surface area contributed by atoms with Crippen LogP contribution >= 0.6 is 0 Å². The minimum Gasteiger partial charge on any atom is -0.444 e. The maximum atomic E-state index is 12.0. The van der Waals surface area contributed by atoms with Gasteiger partial charge in [0.05, 0.1) is 6.04 Å². The van der Waals surface area contributed by atoms with Gasteiger partial charge in [-0.1, -0.05) is 25.7 Å². The Morgan fingerprint density at radius 3 is 2.16 bits per heavy atom. The summed E-state index contributed by atoms with van der Waals surface area (Å²) in [4.78, 5) is 24.9. The van der Waals surface area contributed by atoms with E-state index in [1.165, 1.54) is 17.7 Å². The molecule has 0 aromatic heterocycles. The molecule has 110 valence electrons. The number of carbonyl (C=O) groups excluding carboxylic acids is 2. The standard InChI is InChI=1S/C15H27NO3/c1-15(2,3)19-14(18)16(4)13(11-17)12-9-7-5-6-8-10-12/h11-13H,5-10H2,1-4H3. The molecule has 4 heteroatoms. The molecule has 0 heterocycles. The average molecular weight is 269 g/mol. The van der Waals surface area contributed by atoms with E-state index in [0.29, 0.717) is 0 Å². The molecule has 0 saturated heterocycles. The summed E-state index contributed by atoms with van der Waals surface area (Å²) in [6.07, 6.45) is 7.31. The lowest BCUT2D eigenvalue weighted by atomic mass is 9.92. The van der Waals surface area contributed by atoms with Crippen LogP contribution in [0.25, 0.3) is 0 Å². The van der Waals surface area contributed by atoms with E-state index in [9.17, 15) is 9.59 Å². The minimum absolute atomic E-state index is 0.275. The number of amides is 1. The third-order valence-corrected chi connectivity index (χ3v) is 3.65. The van der Waals surface area contributed by atoms with E-state index in [0.717, 1.165) is 32.0 Å². The number of hydrogen-bond donors (Lipinski definition) is 0. The summed E-state index contributed by atoms with van der Waals surface area (Å²) in [5.41, 5.74) is -0.526. The van der Waals surface area contributed by atoms with Gasteiger partial charge in [0, 0.05) is 7.05 Å². The molecule has 0 aliphatic heterocycles. The predicted molar refractivity (Wildman–Crippen MR) is 75.0 cm³/mol. The van der Waals surface area contributed by atoms with Crippen LogP contribution in [0.3, 0.4) is 0 Å². The van der Waals surface area contributed by atoms with Crippen molar-refractivity contribution in [1.82, 2.24) is 4.90 Å². The zero-order chi connectivity index (χ0) is 14.5. The number of carbonyl (C=O) groups is 2. The molecule has 1 amide bonds. The highest BCUT2D eigenvalue weighted by Crippen LogP contribution is 2.27. The molecule has 0 bridgehead atoms. The van der Waals surface area contributed by atoms with Crippen LogP contribution in [0.4, 0.5) is 4.79 Å². The first kappa shape index (κ1) is 16.0. The molecule has 0 radical (unpaired) electrons. The Balaban J connectivity index is 2.66. The summed E-state index contributed by atoms with van der Waals surface area (Å²) in [6.45, 7) is 5.50. The minimum atomic E-state index is -0.526. The lowest BCUT2D eigenvalue weighted by Crippen LogP contribution is -2.45. The molecule has 19 heavy (non-hydrogen) atoms. The van der Waals surface area contributed by atoms with Crippen molar-refractivity contribution in [1.29, 1.82) is 0 Å². The third-order valence-electron chi connectivity index (χ3n) is 3.65. The Hall–Kier alpha value is -1.06. The molecule has 1 aliphatic carbocycles. The van der Waals surface area contributed by atoms with Gasteiger partial charge < -0.3 is 14.4 Å². The second-order valence-electron chi connectivity index (χ2n) is 6.47. The van der Waals surface area contributed by atoms with Gasteiger partial charge in [-0.05, 0) is 39.5 Å². The SMILES string of the molecule is CN(C(=O)OC(C)(C)C)C(C=O)C1CCCCCC1. The second kappa shape index (κ2) is 6.92. The van der Waals surface area contributed by atoms with Crippen molar-refractivity contribution in [3.8, 4) is 0 Å². The Bertz CT molecular complexity index is 301. The van der Waals surface area contributed by atoms with Gasteiger partial charge in [0.2, 0.25) is 0 Å². The molecular weight excluding hydrogens is 242 g/mol. The van der Waals surface area contributed by atoms with Crippen LogP contribution in [0.15, 0.2) is 0 Å². The number of aldehydes is 1. The van der Waals surface area contributed by atoms with Crippen molar-refractivity contribution >= 4 is 12.4 Å². The van der Waals surface area contributed by atoms with E-state index < -0.39 is 11.7 Å². The van der Waals surface area contributed by atoms with Crippen molar-refractivity contribution in [3.05, 3.63) is 0 Å². The Labute approximate surface area is 116 Å². The first-order chi connectivity index (χ1) is 8.85. The van der Waals surface area contributed by atoms with Gasteiger partial charge in [-0.2, -0.15) is 0 Å². The Kier molecular flexibility index (Phi) is 5.83. The predicted octanol–water partition coefficient (Wildman–Crippen LogP) is 3.39. The summed E-state index contributed by atoms with van der Waals surface area (Å²) in [5.74, 6) is 0.275. The lowest BCUT2D eigenvalue weighted by Gasteiger charge is -2.32. The molecular formula is C15H27NO3. The second-order valence-corrected chi connectivity index (χ2v) is 6.47. The van der Waals surface area contributed by atoms with Crippen LogP contribution in [0.5, 0.6) is 0 Å². The number of rotatable bonds is 3. The van der Waals surface area contributed by atoms with Gasteiger partial charge in [-0.15, -0.1) is 0 Å². The molecule has 1 unspecified atom stereocenters. The monoisotopic (exact) mass is 269 g/mol. The maximum absolute atomic E-state index is 12.0. The molecule has 0 N–H and O–H groups in total. The number of hydrogen-bond acceptors (Lipinski definition) is 3. The van der Waals surface area contributed by atoms with Crippen LogP contribution in [-0.4, -0.2) is 36.0 Å². The van der Waals surface area contributed by atoms with Gasteiger partial charge in [0.1, 0.15) is 11.9 Å². The van der Waals surface area contributed by atoms with Crippen LogP contribution in [-0.2, 0) is 9.53 Å². The fourth-order valence-corrected chi connectivity index (χ4v) is 2.63. The molecule has 4 nitrogen and oxygen atoms in total. The van der Waals surface area contributed by atoms with Crippen molar-refractivity contribution in [2.24, 2.45) is 5.92 Å². The molecule has 1 saturated carbocycles. The van der Waals surface area contributed by atoms with Gasteiger partial charge in [-0.25, -0.2) is 4.79 Å². The van der Waals surface area contributed by atoms with Gasteiger partial charge >= 0.3 is 6.09 Å². The normalized spacial score (nSPS) is 19.4. The molecule has 0 aromatic rings. The first-order valence-electron chi connectivity index (χ1n) is 7.26. The van der Waals surface area contributed by atoms with Gasteiger partial charge in [0.25, 0.3) is 0 Å². The average Bonchev–Trinajstić information content (AvgIpc) is 2.56. The van der Waals surface area contributed by atoms with E-state index in [2.05, 4.69) is 0 Å². The zero-order valence-electron chi connectivity index (χ0n) is 12.6. The van der Waals surface area contributed by atoms with Crippen molar-refractivity contribution in [2.75, 3.05) is 7.05 Å². The molecule has 1 rings (SSSR count). The number of ether oxygens (including phenoxy) is 1. The summed E-state index contributed by atoms with van der Waals surface area (Å²) in [7, 11) is 1.66. The van der Waals surface area contributed by atoms with Crippen LogP contribution in [0.1, 0.15) is 59.3 Å². The van der Waals surface area contributed by atoms with E-state index >= 15 is 0 Å². The summed E-state index contributed by atoms with van der Waals surface area (Å²) in [5, 5.41) is 0. The Morgan fingerprint density at radius 1 is 1.21 bits per heavy atom. The first-order valence-corrected chi connectivity index (χ1v) is 7.26. The lowest BCUT2D eigenvalue weighted by molar-refractivity contribution is -0.114. The van der Waals surface area contributed by atoms with Gasteiger partial charge in [-0.3, -0.25) is 0 Å². The van der Waals surface area contributed by atoms with Crippen LogP contribution in [0, 0.1) is 5.92 Å². The van der Waals surface area contributed by atoms with E-state index in [-0.39, 0.29) is 12.0 Å². The molecule has 1 aliphatic rings. The highest BCUT2D eigenvalue weighted by molar-refractivity contribution is 5.73. The highest BCUT2D eigenvalue weighted by atomic mass is 16.6. The van der Waals surface area contributed by atoms with Gasteiger partial charge in [0.15, 0.2) is 0 Å². The third kappa shape index (κ3) is 5.21. The number of likely N-dealkylation sites (N-methyl/N-ethyl adjacent to an activating group) is 1.